The SMILES string of the molecule is CCCCCCCn1c2c(c3cc(C(=O)O)ccc31)CCN(CCN1CCCCC1)c1ccccc1-2. The van der Waals surface area contributed by atoms with Crippen LogP contribution < -0.4 is 4.90 Å². The number of aryl methyl sites for hydroxylation is 1. The van der Waals surface area contributed by atoms with Crippen molar-refractivity contribution in [2.75, 3.05) is 37.6 Å². The van der Waals surface area contributed by atoms with Crippen LogP contribution in [0.2, 0.25) is 0 Å². The number of aromatic nitrogens is 1. The Balaban J connectivity index is 1.52. The van der Waals surface area contributed by atoms with Gasteiger partial charge in [-0.1, -0.05) is 57.2 Å². The number of carboxylic acids is 1. The van der Waals surface area contributed by atoms with Crippen molar-refractivity contribution in [3.63, 3.8) is 0 Å². The summed E-state index contributed by atoms with van der Waals surface area (Å²) < 4.78 is 2.50. The van der Waals surface area contributed by atoms with Crippen molar-refractivity contribution in [3.05, 3.63) is 53.6 Å². The van der Waals surface area contributed by atoms with E-state index in [0.29, 0.717) is 5.56 Å². The van der Waals surface area contributed by atoms with Gasteiger partial charge in [-0.3, -0.25) is 0 Å². The fraction of sp³-hybridized carbons (Fsp3) is 0.516. The Bertz CT molecular complexity index is 1190. The average molecular weight is 488 g/mol. The van der Waals surface area contributed by atoms with Crippen LogP contribution in [0.15, 0.2) is 42.5 Å². The van der Waals surface area contributed by atoms with Gasteiger partial charge in [0.05, 0.1) is 11.3 Å². The Kier molecular flexibility index (Phi) is 7.96. The lowest BCUT2D eigenvalue weighted by atomic mass is 10.0. The number of benzene rings is 2. The second-order valence-electron chi connectivity index (χ2n) is 10.6. The fourth-order valence-electron chi connectivity index (χ4n) is 6.22. The molecule has 0 saturated carbocycles. The number of aromatic carboxylic acids is 1. The van der Waals surface area contributed by atoms with Crippen molar-refractivity contribution in [2.45, 2.75) is 71.3 Å². The van der Waals surface area contributed by atoms with Gasteiger partial charge in [0, 0.05) is 48.3 Å². The van der Waals surface area contributed by atoms with Crippen LogP contribution >= 0.6 is 0 Å². The maximum Gasteiger partial charge on any atom is 0.335 e. The van der Waals surface area contributed by atoms with Gasteiger partial charge in [-0.25, -0.2) is 4.79 Å². The quantitative estimate of drug-likeness (QED) is 0.319. The zero-order valence-electron chi connectivity index (χ0n) is 21.8. The standard InChI is InChI=1S/C31H41N3O2/c1-2-3-4-5-11-19-34-29-15-14-24(31(35)36)23-27(29)25-16-20-33(22-21-32-17-9-6-10-18-32)28-13-8-7-12-26(28)30(25)34/h7-8,12-15,23H,2-6,9-11,16-22H2,1H3,(H,35,36). The highest BCUT2D eigenvalue weighted by molar-refractivity contribution is 5.99. The normalized spacial score (nSPS) is 16.1. The third-order valence-electron chi connectivity index (χ3n) is 8.17. The smallest absolute Gasteiger partial charge is 0.335 e. The van der Waals surface area contributed by atoms with Crippen LogP contribution in [0.25, 0.3) is 22.2 Å². The molecule has 0 aliphatic carbocycles. The summed E-state index contributed by atoms with van der Waals surface area (Å²) >= 11 is 0. The second-order valence-corrected chi connectivity index (χ2v) is 10.6. The Labute approximate surface area is 215 Å². The molecule has 3 heterocycles. The summed E-state index contributed by atoms with van der Waals surface area (Å²) in [5.41, 5.74) is 6.79. The van der Waals surface area contributed by atoms with Gasteiger partial charge in [-0.05, 0) is 68.6 Å². The summed E-state index contributed by atoms with van der Waals surface area (Å²) in [6.07, 6.45) is 11.2. The molecule has 2 aliphatic rings. The molecule has 0 bridgehead atoms. The van der Waals surface area contributed by atoms with E-state index in [0.717, 1.165) is 44.4 Å². The van der Waals surface area contributed by atoms with Crippen LogP contribution in [-0.2, 0) is 13.0 Å². The summed E-state index contributed by atoms with van der Waals surface area (Å²) in [4.78, 5) is 17.0. The van der Waals surface area contributed by atoms with Crippen LogP contribution in [0.1, 0.15) is 74.2 Å². The average Bonchev–Trinajstić information content (AvgIpc) is 3.11. The van der Waals surface area contributed by atoms with E-state index < -0.39 is 5.97 Å². The Morgan fingerprint density at radius 3 is 2.50 bits per heavy atom. The molecule has 0 spiro atoms. The first kappa shape index (κ1) is 24.9. The summed E-state index contributed by atoms with van der Waals surface area (Å²) in [6.45, 7) is 8.79. The number of rotatable bonds is 10. The zero-order chi connectivity index (χ0) is 24.9. The van der Waals surface area contributed by atoms with Crippen molar-refractivity contribution < 1.29 is 9.90 Å². The molecule has 0 amide bonds. The minimum Gasteiger partial charge on any atom is -0.478 e. The summed E-state index contributed by atoms with van der Waals surface area (Å²) in [5, 5.41) is 10.8. The number of para-hydroxylation sites is 1. The highest BCUT2D eigenvalue weighted by Gasteiger charge is 2.26. The van der Waals surface area contributed by atoms with E-state index in [1.165, 1.54) is 86.1 Å². The van der Waals surface area contributed by atoms with E-state index in [-0.39, 0.29) is 0 Å². The van der Waals surface area contributed by atoms with E-state index in [1.807, 2.05) is 12.1 Å². The monoisotopic (exact) mass is 487 g/mol. The van der Waals surface area contributed by atoms with Crippen LogP contribution in [0.5, 0.6) is 0 Å². The fourth-order valence-corrected chi connectivity index (χ4v) is 6.22. The Hall–Kier alpha value is -2.79. The third-order valence-corrected chi connectivity index (χ3v) is 8.17. The lowest BCUT2D eigenvalue weighted by Gasteiger charge is -2.31. The lowest BCUT2D eigenvalue weighted by molar-refractivity contribution is 0.0697. The summed E-state index contributed by atoms with van der Waals surface area (Å²) in [7, 11) is 0. The Morgan fingerprint density at radius 2 is 1.69 bits per heavy atom. The molecule has 2 aliphatic heterocycles. The molecular weight excluding hydrogens is 446 g/mol. The minimum absolute atomic E-state index is 0.380. The first-order valence-electron chi connectivity index (χ1n) is 14.1. The van der Waals surface area contributed by atoms with Crippen LogP contribution in [0, 0.1) is 0 Å². The van der Waals surface area contributed by atoms with Gasteiger partial charge in [0.2, 0.25) is 0 Å². The largest absolute Gasteiger partial charge is 0.478 e. The molecular formula is C31H41N3O2. The highest BCUT2D eigenvalue weighted by Crippen LogP contribution is 2.42. The number of carbonyl (C=O) groups is 1. The second kappa shape index (κ2) is 11.5. The topological polar surface area (TPSA) is 48.7 Å². The van der Waals surface area contributed by atoms with Crippen molar-refractivity contribution in [3.8, 4) is 11.3 Å². The maximum absolute atomic E-state index is 11.8. The molecule has 1 aromatic heterocycles. The molecule has 1 fully saturated rings. The van der Waals surface area contributed by atoms with Crippen molar-refractivity contribution in [1.82, 2.24) is 9.47 Å². The molecule has 5 nitrogen and oxygen atoms in total. The zero-order valence-corrected chi connectivity index (χ0v) is 21.8. The molecule has 0 radical (unpaired) electrons. The van der Waals surface area contributed by atoms with E-state index >= 15 is 0 Å². The number of hydrogen-bond donors (Lipinski definition) is 1. The maximum atomic E-state index is 11.8. The number of unbranched alkanes of at least 4 members (excludes halogenated alkanes) is 4. The highest BCUT2D eigenvalue weighted by atomic mass is 16.4. The molecule has 1 N–H and O–H groups in total. The minimum atomic E-state index is -0.852. The van der Waals surface area contributed by atoms with E-state index in [1.54, 1.807) is 6.07 Å². The Morgan fingerprint density at radius 1 is 0.889 bits per heavy atom. The molecule has 192 valence electrons. The van der Waals surface area contributed by atoms with E-state index in [4.69, 9.17) is 0 Å². The third kappa shape index (κ3) is 5.17. The molecule has 1 saturated heterocycles. The van der Waals surface area contributed by atoms with E-state index in [2.05, 4.69) is 45.6 Å². The summed E-state index contributed by atoms with van der Waals surface area (Å²) in [6, 6.07) is 14.6. The van der Waals surface area contributed by atoms with Gasteiger partial charge in [-0.2, -0.15) is 0 Å². The van der Waals surface area contributed by atoms with Crippen molar-refractivity contribution in [1.29, 1.82) is 0 Å². The number of nitrogens with zero attached hydrogens (tertiary/aromatic N) is 3. The number of carboxylic acid groups (broad SMARTS) is 1. The number of anilines is 1. The predicted molar refractivity (Wildman–Crippen MR) is 149 cm³/mol. The molecule has 5 rings (SSSR count). The van der Waals surface area contributed by atoms with Crippen LogP contribution in [-0.4, -0.2) is 53.3 Å². The van der Waals surface area contributed by atoms with Gasteiger partial charge in [0.25, 0.3) is 0 Å². The first-order chi connectivity index (χ1) is 17.7. The number of hydrogen-bond acceptors (Lipinski definition) is 3. The van der Waals surface area contributed by atoms with Gasteiger partial charge < -0.3 is 19.5 Å². The van der Waals surface area contributed by atoms with Crippen LogP contribution in [0.3, 0.4) is 0 Å². The molecule has 3 aromatic rings. The van der Waals surface area contributed by atoms with Gasteiger partial charge in [-0.15, -0.1) is 0 Å². The molecule has 5 heteroatoms. The molecule has 2 aromatic carbocycles. The summed E-state index contributed by atoms with van der Waals surface area (Å²) in [5.74, 6) is -0.852. The number of piperidine rings is 1. The molecule has 0 unspecified atom stereocenters. The van der Waals surface area contributed by atoms with Crippen molar-refractivity contribution >= 4 is 22.6 Å². The van der Waals surface area contributed by atoms with Gasteiger partial charge in [0.1, 0.15) is 0 Å². The lowest BCUT2D eigenvalue weighted by Crippen LogP contribution is -2.38. The molecule has 36 heavy (non-hydrogen) atoms. The number of likely N-dealkylation sites (tertiary alicyclic amines) is 1. The van der Waals surface area contributed by atoms with E-state index in [9.17, 15) is 9.90 Å². The number of fused-ring (bicyclic) bond motifs is 5. The molecule has 0 atom stereocenters. The predicted octanol–water partition coefficient (Wildman–Crippen LogP) is 6.83. The first-order valence-corrected chi connectivity index (χ1v) is 14.1. The van der Waals surface area contributed by atoms with Gasteiger partial charge >= 0.3 is 5.97 Å². The van der Waals surface area contributed by atoms with Crippen LogP contribution in [0.4, 0.5) is 5.69 Å². The van der Waals surface area contributed by atoms with Gasteiger partial charge in [0.15, 0.2) is 0 Å². The van der Waals surface area contributed by atoms with Crippen molar-refractivity contribution in [2.24, 2.45) is 0 Å².